The second-order valence-corrected chi connectivity index (χ2v) is 7.71. The van der Waals surface area contributed by atoms with Crippen LogP contribution in [0.3, 0.4) is 0 Å². The number of amides is 1. The molecule has 1 aromatic rings. The van der Waals surface area contributed by atoms with E-state index in [-0.39, 0.29) is 29.3 Å². The van der Waals surface area contributed by atoms with Crippen molar-refractivity contribution >= 4 is 28.3 Å². The molecule has 23 heavy (non-hydrogen) atoms. The van der Waals surface area contributed by atoms with Crippen LogP contribution in [-0.4, -0.2) is 72.3 Å². The molecular formula is C13H22ClN5O3S. The van der Waals surface area contributed by atoms with Gasteiger partial charge in [0.1, 0.15) is 5.82 Å². The average Bonchev–Trinajstić information content (AvgIpc) is 2.78. The molecule has 0 aromatic carbocycles. The van der Waals surface area contributed by atoms with E-state index >= 15 is 0 Å². The molecule has 8 nitrogen and oxygen atoms in total. The van der Waals surface area contributed by atoms with E-state index in [9.17, 15) is 13.2 Å². The summed E-state index contributed by atoms with van der Waals surface area (Å²) < 4.78 is 28.2. The van der Waals surface area contributed by atoms with Gasteiger partial charge in [-0.05, 0) is 6.92 Å². The molecule has 0 aliphatic carbocycles. The summed E-state index contributed by atoms with van der Waals surface area (Å²) in [5, 5.41) is 3.16. The zero-order valence-electron chi connectivity index (χ0n) is 13.2. The summed E-state index contributed by atoms with van der Waals surface area (Å²) in [6.07, 6.45) is 1.53. The predicted molar refractivity (Wildman–Crippen MR) is 86.9 cm³/mol. The molecule has 0 unspecified atom stereocenters. The fraction of sp³-hybridized carbons (Fsp3) is 0.692. The number of rotatable bonds is 3. The van der Waals surface area contributed by atoms with Crippen molar-refractivity contribution in [3.63, 3.8) is 0 Å². The van der Waals surface area contributed by atoms with Crippen LogP contribution in [0.15, 0.2) is 11.2 Å². The standard InChI is InChI=1S/C13H21N5O3S.ClH/c1-10-15-12(9-16(10)2)22(20,21)18-5-3-17(4-6-18)13(19)11-7-14-8-11;/h9,11,14H,3-8H2,1-2H3;1H. The summed E-state index contributed by atoms with van der Waals surface area (Å²) in [7, 11) is -1.81. The summed E-state index contributed by atoms with van der Waals surface area (Å²) in [5.74, 6) is 0.843. The molecule has 3 heterocycles. The number of nitrogens with one attached hydrogen (secondary N) is 1. The SMILES string of the molecule is Cc1nc(S(=O)(=O)N2CCN(C(=O)C3CNC3)CC2)cn1C.Cl. The largest absolute Gasteiger partial charge is 0.340 e. The van der Waals surface area contributed by atoms with E-state index in [0.29, 0.717) is 32.0 Å². The molecule has 0 spiro atoms. The van der Waals surface area contributed by atoms with Gasteiger partial charge in [-0.15, -0.1) is 12.4 Å². The number of imidazole rings is 1. The van der Waals surface area contributed by atoms with Crippen LogP contribution < -0.4 is 5.32 Å². The minimum Gasteiger partial charge on any atom is -0.340 e. The monoisotopic (exact) mass is 363 g/mol. The number of aromatic nitrogens is 2. The lowest BCUT2D eigenvalue weighted by Gasteiger charge is -2.37. The molecule has 2 aliphatic rings. The summed E-state index contributed by atoms with van der Waals surface area (Å²) >= 11 is 0. The van der Waals surface area contributed by atoms with Gasteiger partial charge in [0.05, 0.1) is 5.92 Å². The van der Waals surface area contributed by atoms with Crippen LogP contribution in [0.25, 0.3) is 0 Å². The number of hydrogen-bond donors (Lipinski definition) is 1. The Kier molecular flexibility index (Phi) is 5.34. The number of sulfonamides is 1. The maximum atomic E-state index is 12.6. The molecule has 1 N–H and O–H groups in total. The van der Waals surface area contributed by atoms with Crippen molar-refractivity contribution in [2.45, 2.75) is 11.9 Å². The zero-order chi connectivity index (χ0) is 15.9. The second kappa shape index (κ2) is 6.76. The van der Waals surface area contributed by atoms with Gasteiger partial charge in [-0.1, -0.05) is 0 Å². The van der Waals surface area contributed by atoms with Crippen LogP contribution >= 0.6 is 12.4 Å². The molecule has 0 saturated carbocycles. The van der Waals surface area contributed by atoms with Gasteiger partial charge < -0.3 is 14.8 Å². The quantitative estimate of drug-likeness (QED) is 0.760. The van der Waals surface area contributed by atoms with E-state index in [2.05, 4.69) is 10.3 Å². The molecular weight excluding hydrogens is 342 g/mol. The highest BCUT2D eigenvalue weighted by Crippen LogP contribution is 2.18. The third-order valence-corrected chi connectivity index (χ3v) is 6.14. The Labute approximate surface area is 142 Å². The Hall–Kier alpha value is -1.16. The molecule has 0 bridgehead atoms. The van der Waals surface area contributed by atoms with E-state index in [4.69, 9.17) is 0 Å². The molecule has 0 radical (unpaired) electrons. The van der Waals surface area contributed by atoms with Gasteiger partial charge in [-0.2, -0.15) is 4.31 Å². The van der Waals surface area contributed by atoms with Crippen LogP contribution in [0.5, 0.6) is 0 Å². The van der Waals surface area contributed by atoms with Gasteiger partial charge in [0, 0.05) is 52.5 Å². The minimum atomic E-state index is -3.57. The van der Waals surface area contributed by atoms with Gasteiger partial charge >= 0.3 is 0 Å². The van der Waals surface area contributed by atoms with Crippen molar-refractivity contribution in [2.75, 3.05) is 39.3 Å². The van der Waals surface area contributed by atoms with Gasteiger partial charge in [-0.3, -0.25) is 4.79 Å². The fourth-order valence-electron chi connectivity index (χ4n) is 2.65. The van der Waals surface area contributed by atoms with Gasteiger partial charge in [-0.25, -0.2) is 13.4 Å². The van der Waals surface area contributed by atoms with E-state index in [1.165, 1.54) is 10.5 Å². The Morgan fingerprint density at radius 1 is 1.26 bits per heavy atom. The number of carbonyl (C=O) groups excluding carboxylic acids is 1. The fourth-order valence-corrected chi connectivity index (χ4v) is 4.10. The molecule has 0 atom stereocenters. The Morgan fingerprint density at radius 3 is 2.30 bits per heavy atom. The first-order valence-electron chi connectivity index (χ1n) is 7.39. The lowest BCUT2D eigenvalue weighted by atomic mass is 10.0. The number of hydrogen-bond acceptors (Lipinski definition) is 5. The second-order valence-electron chi connectivity index (χ2n) is 5.82. The summed E-state index contributed by atoms with van der Waals surface area (Å²) in [4.78, 5) is 18.0. The van der Waals surface area contributed by atoms with Crippen LogP contribution in [0, 0.1) is 12.8 Å². The smallest absolute Gasteiger partial charge is 0.262 e. The number of halogens is 1. The van der Waals surface area contributed by atoms with E-state index in [0.717, 1.165) is 13.1 Å². The number of nitrogens with zero attached hydrogens (tertiary/aromatic N) is 4. The summed E-state index contributed by atoms with van der Waals surface area (Å²) in [5.41, 5.74) is 0. The zero-order valence-corrected chi connectivity index (χ0v) is 14.9. The predicted octanol–water partition coefficient (Wildman–Crippen LogP) is -0.797. The average molecular weight is 364 g/mol. The lowest BCUT2D eigenvalue weighted by Crippen LogP contribution is -2.57. The third kappa shape index (κ3) is 3.37. The molecule has 130 valence electrons. The number of aryl methyl sites for hydroxylation is 2. The molecule has 1 amide bonds. The molecule has 3 rings (SSSR count). The van der Waals surface area contributed by atoms with Crippen molar-refractivity contribution in [1.29, 1.82) is 0 Å². The Morgan fingerprint density at radius 2 is 1.87 bits per heavy atom. The Bertz CT molecular complexity index is 658. The maximum Gasteiger partial charge on any atom is 0.262 e. The number of carbonyl (C=O) groups is 1. The van der Waals surface area contributed by atoms with E-state index in [1.807, 2.05) is 0 Å². The molecule has 2 aliphatic heterocycles. The van der Waals surface area contributed by atoms with Crippen LogP contribution in [-0.2, 0) is 21.9 Å². The first-order valence-corrected chi connectivity index (χ1v) is 8.83. The van der Waals surface area contributed by atoms with Crippen molar-refractivity contribution < 1.29 is 13.2 Å². The molecule has 2 fully saturated rings. The van der Waals surface area contributed by atoms with Crippen molar-refractivity contribution in [3.8, 4) is 0 Å². The summed E-state index contributed by atoms with van der Waals surface area (Å²) in [6, 6.07) is 0. The van der Waals surface area contributed by atoms with E-state index < -0.39 is 10.0 Å². The van der Waals surface area contributed by atoms with E-state index in [1.54, 1.807) is 23.4 Å². The minimum absolute atomic E-state index is 0. The summed E-state index contributed by atoms with van der Waals surface area (Å²) in [6.45, 7) is 4.76. The molecule has 1 aromatic heterocycles. The van der Waals surface area contributed by atoms with Gasteiger partial charge in [0.25, 0.3) is 10.0 Å². The normalized spacial score (nSPS) is 20.0. The number of piperazine rings is 1. The highest BCUT2D eigenvalue weighted by atomic mass is 35.5. The van der Waals surface area contributed by atoms with Gasteiger partial charge in [0.2, 0.25) is 5.91 Å². The van der Waals surface area contributed by atoms with Crippen LogP contribution in [0.1, 0.15) is 5.82 Å². The topological polar surface area (TPSA) is 87.5 Å². The first kappa shape index (κ1) is 18.2. The highest BCUT2D eigenvalue weighted by molar-refractivity contribution is 7.89. The third-order valence-electron chi connectivity index (χ3n) is 4.37. The van der Waals surface area contributed by atoms with Crippen molar-refractivity contribution in [1.82, 2.24) is 24.1 Å². The van der Waals surface area contributed by atoms with Gasteiger partial charge in [0.15, 0.2) is 5.03 Å². The van der Waals surface area contributed by atoms with Crippen LogP contribution in [0.4, 0.5) is 0 Å². The van der Waals surface area contributed by atoms with Crippen molar-refractivity contribution in [3.05, 3.63) is 12.0 Å². The van der Waals surface area contributed by atoms with Crippen molar-refractivity contribution in [2.24, 2.45) is 13.0 Å². The van der Waals surface area contributed by atoms with Crippen LogP contribution in [0.2, 0.25) is 0 Å². The first-order chi connectivity index (χ1) is 10.4. The molecule has 10 heteroatoms. The maximum absolute atomic E-state index is 12.6. The Balaban J connectivity index is 0.00000192. The lowest BCUT2D eigenvalue weighted by molar-refractivity contribution is -0.138. The molecule has 2 saturated heterocycles. The highest BCUT2D eigenvalue weighted by Gasteiger charge is 2.35.